The lowest BCUT2D eigenvalue weighted by molar-refractivity contribution is 0.171. The van der Waals surface area contributed by atoms with Crippen LogP contribution < -0.4 is 15.2 Å². The number of halogens is 1. The van der Waals surface area contributed by atoms with Gasteiger partial charge in [-0.1, -0.05) is 29.8 Å². The molecule has 158 valence electrons. The van der Waals surface area contributed by atoms with Crippen molar-refractivity contribution in [3.05, 3.63) is 69.5 Å². The lowest BCUT2D eigenvalue weighted by atomic mass is 10.0. The molecule has 0 radical (unpaired) electrons. The molecule has 30 heavy (non-hydrogen) atoms. The van der Waals surface area contributed by atoms with Crippen LogP contribution in [-0.4, -0.2) is 37.5 Å². The summed E-state index contributed by atoms with van der Waals surface area (Å²) >= 11 is 6.06. The van der Waals surface area contributed by atoms with Gasteiger partial charge in [-0.2, -0.15) is 0 Å². The summed E-state index contributed by atoms with van der Waals surface area (Å²) in [4.78, 5) is 14.9. The van der Waals surface area contributed by atoms with Crippen molar-refractivity contribution in [2.45, 2.75) is 25.4 Å². The molecule has 2 aromatic carbocycles. The lowest BCUT2D eigenvalue weighted by Gasteiger charge is -2.34. The van der Waals surface area contributed by atoms with E-state index in [1.807, 2.05) is 31.3 Å². The fourth-order valence-electron chi connectivity index (χ4n) is 4.07. The topological polar surface area (TPSA) is 43.7 Å². The number of ether oxygens (including phenoxy) is 2. The quantitative estimate of drug-likeness (QED) is 0.585. The van der Waals surface area contributed by atoms with Gasteiger partial charge in [-0.25, -0.2) is 0 Å². The fraction of sp³-hybridized carbons (Fsp3) is 0.375. The average Bonchev–Trinajstić information content (AvgIpc) is 2.75. The van der Waals surface area contributed by atoms with Crippen molar-refractivity contribution in [2.24, 2.45) is 7.05 Å². The second-order valence-electron chi connectivity index (χ2n) is 7.78. The summed E-state index contributed by atoms with van der Waals surface area (Å²) in [5, 5.41) is 1.79. The van der Waals surface area contributed by atoms with Crippen molar-refractivity contribution in [1.82, 2.24) is 4.57 Å². The number of methoxy groups -OCH3 is 1. The summed E-state index contributed by atoms with van der Waals surface area (Å²) in [6.45, 7) is 2.36. The van der Waals surface area contributed by atoms with E-state index in [1.54, 1.807) is 17.7 Å². The zero-order valence-electron chi connectivity index (χ0n) is 17.4. The highest BCUT2D eigenvalue weighted by molar-refractivity contribution is 6.30. The molecular weight excluding hydrogens is 400 g/mol. The zero-order chi connectivity index (χ0) is 21.1. The number of benzene rings is 2. The molecule has 0 amide bonds. The maximum absolute atomic E-state index is 12.6. The number of hydrogen-bond donors (Lipinski definition) is 0. The van der Waals surface area contributed by atoms with Crippen LogP contribution in [0.1, 0.15) is 18.4 Å². The Morgan fingerprint density at radius 2 is 1.90 bits per heavy atom. The number of anilines is 1. The Bertz CT molecular complexity index is 1090. The Labute approximate surface area is 181 Å². The number of rotatable bonds is 6. The van der Waals surface area contributed by atoms with Crippen molar-refractivity contribution in [3.63, 3.8) is 0 Å². The first-order valence-electron chi connectivity index (χ1n) is 10.3. The molecule has 0 spiro atoms. The van der Waals surface area contributed by atoms with Crippen molar-refractivity contribution < 1.29 is 9.47 Å². The van der Waals surface area contributed by atoms with E-state index < -0.39 is 0 Å². The first-order valence-corrected chi connectivity index (χ1v) is 10.7. The smallest absolute Gasteiger partial charge is 0.252 e. The summed E-state index contributed by atoms with van der Waals surface area (Å²) in [5.74, 6) is 0.809. The molecule has 5 nitrogen and oxygen atoms in total. The Morgan fingerprint density at radius 3 is 2.63 bits per heavy atom. The van der Waals surface area contributed by atoms with Gasteiger partial charge < -0.3 is 18.9 Å². The van der Waals surface area contributed by atoms with E-state index in [4.69, 9.17) is 21.1 Å². The molecule has 1 saturated heterocycles. The molecule has 6 heteroatoms. The van der Waals surface area contributed by atoms with Crippen LogP contribution in [0.3, 0.4) is 0 Å². The standard InChI is InChI=1S/C24H27ClN2O3/c1-26-22-14-17(10-13-29-2)6-7-21(22)23(16-24(26)28)27-11-8-19(9-12-27)30-20-5-3-4-18(25)15-20/h3-7,14-16,19H,8-13H2,1-2H3. The van der Waals surface area contributed by atoms with E-state index in [9.17, 15) is 4.79 Å². The third kappa shape index (κ3) is 4.47. The highest BCUT2D eigenvalue weighted by Gasteiger charge is 2.23. The second kappa shape index (κ2) is 9.11. The molecule has 0 atom stereocenters. The van der Waals surface area contributed by atoms with Crippen LogP contribution in [0.5, 0.6) is 5.75 Å². The monoisotopic (exact) mass is 426 g/mol. The Balaban J connectivity index is 1.53. The van der Waals surface area contributed by atoms with Gasteiger partial charge in [-0.3, -0.25) is 4.79 Å². The number of nitrogens with zero attached hydrogens (tertiary/aromatic N) is 2. The minimum absolute atomic E-state index is 0.0127. The van der Waals surface area contributed by atoms with Gasteiger partial charge in [0.1, 0.15) is 11.9 Å². The van der Waals surface area contributed by atoms with Crippen LogP contribution in [0.25, 0.3) is 10.9 Å². The van der Waals surface area contributed by atoms with Crippen molar-refractivity contribution >= 4 is 28.2 Å². The molecule has 0 aliphatic carbocycles. The fourth-order valence-corrected chi connectivity index (χ4v) is 4.25. The number of aryl methyl sites for hydroxylation is 1. The molecule has 2 heterocycles. The van der Waals surface area contributed by atoms with E-state index in [-0.39, 0.29) is 11.7 Å². The molecule has 4 rings (SSSR count). The van der Waals surface area contributed by atoms with Gasteiger partial charge in [0.2, 0.25) is 0 Å². The van der Waals surface area contributed by atoms with Crippen LogP contribution in [-0.2, 0) is 18.2 Å². The largest absolute Gasteiger partial charge is 0.490 e. The number of hydrogen-bond acceptors (Lipinski definition) is 4. The summed E-state index contributed by atoms with van der Waals surface area (Å²) in [6.07, 6.45) is 2.78. The predicted octanol–water partition coefficient (Wildman–Crippen LogP) is 4.43. The van der Waals surface area contributed by atoms with Gasteiger partial charge in [-0.15, -0.1) is 0 Å². The van der Waals surface area contributed by atoms with Gasteiger partial charge >= 0.3 is 0 Å². The Kier molecular flexibility index (Phi) is 6.30. The maximum Gasteiger partial charge on any atom is 0.252 e. The third-order valence-electron chi connectivity index (χ3n) is 5.77. The molecule has 0 saturated carbocycles. The van der Waals surface area contributed by atoms with Gasteiger partial charge in [0.05, 0.1) is 17.8 Å². The lowest BCUT2D eigenvalue weighted by Crippen LogP contribution is -2.39. The summed E-state index contributed by atoms with van der Waals surface area (Å²) < 4.78 is 13.0. The van der Waals surface area contributed by atoms with Crippen LogP contribution in [0.15, 0.2) is 53.3 Å². The third-order valence-corrected chi connectivity index (χ3v) is 6.00. The minimum atomic E-state index is 0.0127. The van der Waals surface area contributed by atoms with Gasteiger partial charge in [0.25, 0.3) is 5.56 Å². The van der Waals surface area contributed by atoms with Crippen molar-refractivity contribution in [3.8, 4) is 5.75 Å². The number of fused-ring (bicyclic) bond motifs is 1. The number of aromatic nitrogens is 1. The molecule has 0 bridgehead atoms. The van der Waals surface area contributed by atoms with Gasteiger partial charge in [0.15, 0.2) is 0 Å². The molecule has 1 fully saturated rings. The average molecular weight is 427 g/mol. The maximum atomic E-state index is 12.6. The second-order valence-corrected chi connectivity index (χ2v) is 8.22. The SMILES string of the molecule is COCCc1ccc2c(N3CCC(Oc4cccc(Cl)c4)CC3)cc(=O)n(C)c2c1. The zero-order valence-corrected chi connectivity index (χ0v) is 18.2. The Hall–Kier alpha value is -2.50. The molecule has 1 aliphatic heterocycles. The van der Waals surface area contributed by atoms with Crippen molar-refractivity contribution in [1.29, 1.82) is 0 Å². The molecular formula is C24H27ClN2O3. The summed E-state index contributed by atoms with van der Waals surface area (Å²) in [5.41, 5.74) is 3.15. The van der Waals surface area contributed by atoms with Crippen LogP contribution >= 0.6 is 11.6 Å². The molecule has 1 aromatic heterocycles. The molecule has 1 aliphatic rings. The Morgan fingerprint density at radius 1 is 1.10 bits per heavy atom. The minimum Gasteiger partial charge on any atom is -0.490 e. The molecule has 3 aromatic rings. The van der Waals surface area contributed by atoms with Crippen LogP contribution in [0.4, 0.5) is 5.69 Å². The van der Waals surface area contributed by atoms with Crippen LogP contribution in [0, 0.1) is 0 Å². The summed E-state index contributed by atoms with van der Waals surface area (Å²) in [7, 11) is 3.54. The van der Waals surface area contributed by atoms with Crippen molar-refractivity contribution in [2.75, 3.05) is 31.7 Å². The molecule has 0 unspecified atom stereocenters. The first kappa shape index (κ1) is 20.8. The molecule has 0 N–H and O–H groups in total. The normalized spacial score (nSPS) is 15.0. The van der Waals surface area contributed by atoms with E-state index in [0.717, 1.165) is 54.7 Å². The number of piperidine rings is 1. The van der Waals surface area contributed by atoms with Gasteiger partial charge in [-0.05, 0) is 36.2 Å². The van der Waals surface area contributed by atoms with E-state index in [2.05, 4.69) is 23.1 Å². The van der Waals surface area contributed by atoms with Crippen LogP contribution in [0.2, 0.25) is 5.02 Å². The van der Waals surface area contributed by atoms with E-state index >= 15 is 0 Å². The highest BCUT2D eigenvalue weighted by Crippen LogP contribution is 2.29. The summed E-state index contributed by atoms with van der Waals surface area (Å²) in [6, 6.07) is 15.7. The predicted molar refractivity (Wildman–Crippen MR) is 122 cm³/mol. The first-order chi connectivity index (χ1) is 14.5. The highest BCUT2D eigenvalue weighted by atomic mass is 35.5. The van der Waals surface area contributed by atoms with Gasteiger partial charge in [0, 0.05) is 56.6 Å². The van der Waals surface area contributed by atoms with E-state index in [0.29, 0.717) is 11.6 Å². The van der Waals surface area contributed by atoms with E-state index in [1.165, 1.54) is 5.56 Å². The number of pyridine rings is 1.